The summed E-state index contributed by atoms with van der Waals surface area (Å²) in [6.07, 6.45) is 1.68. The number of rotatable bonds is 3. The Bertz CT molecular complexity index is 543. The molecule has 2 heterocycles. The maximum atomic E-state index is 6.05. The van der Waals surface area contributed by atoms with Crippen LogP contribution in [0, 0.1) is 6.92 Å². The van der Waals surface area contributed by atoms with Gasteiger partial charge in [0.25, 0.3) is 0 Å². The summed E-state index contributed by atoms with van der Waals surface area (Å²) >= 11 is 0. The van der Waals surface area contributed by atoms with Crippen molar-refractivity contribution in [1.29, 1.82) is 0 Å². The van der Waals surface area contributed by atoms with E-state index in [0.29, 0.717) is 17.3 Å². The van der Waals surface area contributed by atoms with Crippen LogP contribution in [0.2, 0.25) is 0 Å². The van der Waals surface area contributed by atoms with Crippen molar-refractivity contribution in [2.75, 3.05) is 5.73 Å². The van der Waals surface area contributed by atoms with Crippen LogP contribution < -0.4 is 10.5 Å². The number of nitrogens with two attached hydrogens (primary N) is 1. The lowest BCUT2D eigenvalue weighted by Gasteiger charge is -2.06. The van der Waals surface area contributed by atoms with E-state index in [1.807, 2.05) is 26.1 Å². The fourth-order valence-electron chi connectivity index (χ4n) is 1.72. The molecule has 0 amide bonds. The van der Waals surface area contributed by atoms with Gasteiger partial charge in [0.15, 0.2) is 0 Å². The quantitative estimate of drug-likeness (QED) is 0.904. The highest BCUT2D eigenvalue weighted by Gasteiger charge is 2.17. The Morgan fingerprint density at radius 1 is 1.33 bits per heavy atom. The number of ether oxygens (including phenoxy) is 1. The standard InChI is InChI=1S/C13H18N4O/c1-8(2)12-11(14)13(17(4)16-12)18-10-6-5-9(3)15-7-10/h5-8H,14H2,1-4H3. The Morgan fingerprint density at radius 3 is 2.56 bits per heavy atom. The van der Waals surface area contributed by atoms with Gasteiger partial charge in [0.1, 0.15) is 11.4 Å². The molecule has 0 fully saturated rings. The lowest BCUT2D eigenvalue weighted by molar-refractivity contribution is 0.430. The van der Waals surface area contributed by atoms with E-state index in [0.717, 1.165) is 11.4 Å². The maximum absolute atomic E-state index is 6.05. The topological polar surface area (TPSA) is 66.0 Å². The van der Waals surface area contributed by atoms with E-state index in [1.165, 1.54) is 0 Å². The first-order valence-electron chi connectivity index (χ1n) is 5.92. The molecule has 0 aliphatic rings. The Morgan fingerprint density at radius 2 is 2.06 bits per heavy atom. The van der Waals surface area contributed by atoms with Gasteiger partial charge in [-0.2, -0.15) is 5.10 Å². The van der Waals surface area contributed by atoms with Gasteiger partial charge in [-0.25, -0.2) is 4.68 Å². The molecule has 2 aromatic heterocycles. The van der Waals surface area contributed by atoms with Crippen molar-refractivity contribution in [3.05, 3.63) is 29.7 Å². The molecule has 0 spiro atoms. The van der Waals surface area contributed by atoms with E-state index in [4.69, 9.17) is 10.5 Å². The molecule has 96 valence electrons. The van der Waals surface area contributed by atoms with E-state index in [9.17, 15) is 0 Å². The number of nitrogens with zero attached hydrogens (tertiary/aromatic N) is 3. The van der Waals surface area contributed by atoms with E-state index in [-0.39, 0.29) is 5.92 Å². The molecule has 2 rings (SSSR count). The van der Waals surface area contributed by atoms with Crippen LogP contribution in [0.4, 0.5) is 5.69 Å². The van der Waals surface area contributed by atoms with Crippen LogP contribution in [0.25, 0.3) is 0 Å². The predicted octanol–water partition coefficient (Wildman–Crippen LogP) is 2.62. The lowest BCUT2D eigenvalue weighted by Crippen LogP contribution is -1.97. The van der Waals surface area contributed by atoms with Gasteiger partial charge in [-0.3, -0.25) is 4.98 Å². The first kappa shape index (κ1) is 12.4. The first-order valence-corrected chi connectivity index (χ1v) is 5.92. The van der Waals surface area contributed by atoms with Gasteiger partial charge in [-0.1, -0.05) is 13.8 Å². The van der Waals surface area contributed by atoms with Crippen molar-refractivity contribution in [2.24, 2.45) is 7.05 Å². The molecule has 2 N–H and O–H groups in total. The summed E-state index contributed by atoms with van der Waals surface area (Å²) < 4.78 is 7.40. The smallest absolute Gasteiger partial charge is 0.241 e. The van der Waals surface area contributed by atoms with Crippen LogP contribution in [0.15, 0.2) is 18.3 Å². The van der Waals surface area contributed by atoms with Crippen molar-refractivity contribution in [2.45, 2.75) is 26.7 Å². The van der Waals surface area contributed by atoms with Crippen LogP contribution >= 0.6 is 0 Å². The van der Waals surface area contributed by atoms with Crippen molar-refractivity contribution in [3.63, 3.8) is 0 Å². The minimum atomic E-state index is 0.268. The largest absolute Gasteiger partial charge is 0.436 e. The van der Waals surface area contributed by atoms with Gasteiger partial charge in [0.05, 0.1) is 11.9 Å². The molecule has 0 saturated carbocycles. The zero-order chi connectivity index (χ0) is 13.3. The third-order valence-electron chi connectivity index (χ3n) is 2.70. The minimum Gasteiger partial charge on any atom is -0.436 e. The predicted molar refractivity (Wildman–Crippen MR) is 70.8 cm³/mol. The molecule has 0 aromatic carbocycles. The summed E-state index contributed by atoms with van der Waals surface area (Å²) in [5.74, 6) is 1.49. The molecular weight excluding hydrogens is 228 g/mol. The maximum Gasteiger partial charge on any atom is 0.241 e. The Labute approximate surface area is 107 Å². The van der Waals surface area contributed by atoms with Gasteiger partial charge in [-0.15, -0.1) is 0 Å². The molecular formula is C13H18N4O. The average molecular weight is 246 g/mol. The number of aromatic nitrogens is 3. The third kappa shape index (κ3) is 2.30. The van der Waals surface area contributed by atoms with Crippen LogP contribution in [0.5, 0.6) is 11.6 Å². The van der Waals surface area contributed by atoms with Gasteiger partial charge in [0.2, 0.25) is 5.88 Å². The molecule has 0 unspecified atom stereocenters. The number of hydrogen-bond donors (Lipinski definition) is 1. The van der Waals surface area contributed by atoms with E-state index < -0.39 is 0 Å². The number of hydrogen-bond acceptors (Lipinski definition) is 4. The van der Waals surface area contributed by atoms with E-state index >= 15 is 0 Å². The molecule has 18 heavy (non-hydrogen) atoms. The molecule has 0 radical (unpaired) electrons. The molecule has 0 aliphatic heterocycles. The first-order chi connectivity index (χ1) is 8.49. The second-order valence-electron chi connectivity index (χ2n) is 4.62. The van der Waals surface area contributed by atoms with Crippen molar-refractivity contribution in [1.82, 2.24) is 14.8 Å². The summed E-state index contributed by atoms with van der Waals surface area (Å²) in [5, 5.41) is 4.37. The van der Waals surface area contributed by atoms with Crippen LogP contribution in [-0.4, -0.2) is 14.8 Å². The SMILES string of the molecule is Cc1ccc(Oc2c(N)c(C(C)C)nn2C)cn1. The zero-order valence-electron chi connectivity index (χ0n) is 11.1. The van der Waals surface area contributed by atoms with Crippen molar-refractivity contribution in [3.8, 4) is 11.6 Å². The molecule has 0 saturated heterocycles. The summed E-state index contributed by atoms with van der Waals surface area (Å²) in [5.41, 5.74) is 8.45. The van der Waals surface area contributed by atoms with Crippen LogP contribution in [0.1, 0.15) is 31.2 Å². The summed E-state index contributed by atoms with van der Waals surface area (Å²) in [7, 11) is 1.82. The van der Waals surface area contributed by atoms with Gasteiger partial charge in [0, 0.05) is 12.7 Å². The monoisotopic (exact) mass is 246 g/mol. The minimum absolute atomic E-state index is 0.268. The second kappa shape index (κ2) is 4.68. The summed E-state index contributed by atoms with van der Waals surface area (Å²) in [6.45, 7) is 6.03. The lowest BCUT2D eigenvalue weighted by atomic mass is 10.1. The third-order valence-corrected chi connectivity index (χ3v) is 2.70. The molecule has 0 aliphatic carbocycles. The number of aryl methyl sites for hydroxylation is 2. The average Bonchev–Trinajstić information content (AvgIpc) is 2.60. The highest BCUT2D eigenvalue weighted by Crippen LogP contribution is 2.32. The highest BCUT2D eigenvalue weighted by molar-refractivity contribution is 5.55. The highest BCUT2D eigenvalue weighted by atomic mass is 16.5. The summed E-state index contributed by atoms with van der Waals surface area (Å²) in [6, 6.07) is 3.76. The van der Waals surface area contributed by atoms with E-state index in [1.54, 1.807) is 10.9 Å². The van der Waals surface area contributed by atoms with Gasteiger partial charge < -0.3 is 10.5 Å². The Kier molecular flexibility index (Phi) is 3.23. The molecule has 0 bridgehead atoms. The number of nitrogen functional groups attached to an aromatic ring is 1. The molecule has 5 heteroatoms. The Hall–Kier alpha value is -2.04. The van der Waals surface area contributed by atoms with E-state index in [2.05, 4.69) is 23.9 Å². The second-order valence-corrected chi connectivity index (χ2v) is 4.62. The van der Waals surface area contributed by atoms with Gasteiger partial charge >= 0.3 is 0 Å². The van der Waals surface area contributed by atoms with Crippen LogP contribution in [-0.2, 0) is 7.05 Å². The Balaban J connectivity index is 2.32. The van der Waals surface area contributed by atoms with Crippen molar-refractivity contribution >= 4 is 5.69 Å². The molecule has 2 aromatic rings. The normalized spacial score (nSPS) is 10.9. The van der Waals surface area contributed by atoms with Crippen molar-refractivity contribution < 1.29 is 4.74 Å². The summed E-state index contributed by atoms with van der Waals surface area (Å²) in [4.78, 5) is 4.18. The fraction of sp³-hybridized carbons (Fsp3) is 0.385. The number of pyridine rings is 1. The van der Waals surface area contributed by atoms with Crippen LogP contribution in [0.3, 0.4) is 0 Å². The molecule has 0 atom stereocenters. The van der Waals surface area contributed by atoms with Gasteiger partial charge in [-0.05, 0) is 25.0 Å². The molecule has 5 nitrogen and oxygen atoms in total. The number of anilines is 1. The fourth-order valence-corrected chi connectivity index (χ4v) is 1.72. The zero-order valence-corrected chi connectivity index (χ0v) is 11.1.